The Balaban J connectivity index is 2.72. The van der Waals surface area contributed by atoms with Crippen LogP contribution in [0, 0.1) is 0 Å². The molecule has 0 amide bonds. The highest BCUT2D eigenvalue weighted by molar-refractivity contribution is 7.90. The maximum Gasteiger partial charge on any atom is 0.213 e. The Morgan fingerprint density at radius 1 is 1.41 bits per heavy atom. The van der Waals surface area contributed by atoms with Gasteiger partial charge in [-0.1, -0.05) is 6.07 Å². The van der Waals surface area contributed by atoms with Crippen LogP contribution in [0.3, 0.4) is 0 Å². The Kier molecular flexibility index (Phi) is 4.80. The molecule has 96 valence electrons. The average molecular weight is 256 g/mol. The first-order valence-electron chi connectivity index (χ1n) is 5.53. The second kappa shape index (κ2) is 5.71. The molecular formula is C12H20N2O2S. The highest BCUT2D eigenvalue weighted by Crippen LogP contribution is 2.19. The van der Waals surface area contributed by atoms with Gasteiger partial charge < -0.3 is 9.29 Å². The van der Waals surface area contributed by atoms with Gasteiger partial charge in [0.25, 0.3) is 0 Å². The molecule has 0 bridgehead atoms. The van der Waals surface area contributed by atoms with Crippen molar-refractivity contribution in [1.82, 2.24) is 9.71 Å². The van der Waals surface area contributed by atoms with Crippen molar-refractivity contribution in [2.45, 2.75) is 38.5 Å². The maximum atomic E-state index is 11.9. The van der Waals surface area contributed by atoms with Crippen LogP contribution < -0.4 is 9.46 Å². The molecule has 4 nitrogen and oxygen atoms in total. The van der Waals surface area contributed by atoms with E-state index in [4.69, 9.17) is 4.74 Å². The maximum absolute atomic E-state index is 11.9. The van der Waals surface area contributed by atoms with Gasteiger partial charge in [0, 0.05) is 17.4 Å². The van der Waals surface area contributed by atoms with Gasteiger partial charge in [-0.15, -0.1) is 4.72 Å². The molecule has 0 spiro atoms. The molecule has 0 fully saturated rings. The van der Waals surface area contributed by atoms with Crippen molar-refractivity contribution >= 4 is 11.4 Å². The third-order valence-electron chi connectivity index (χ3n) is 2.24. The number of nitrogens with zero attached hydrogens (tertiary/aromatic N) is 1. The standard InChI is InChI=1S/C12H20N2O2S/c1-9(14-17(15)12(2,3)4)10-7-6-8-11(13-10)16-5/h6-9,14H,1-5H3/t9?,17-/m1/s1. The van der Waals surface area contributed by atoms with Crippen molar-refractivity contribution in [3.63, 3.8) is 0 Å². The molecule has 1 unspecified atom stereocenters. The summed E-state index contributed by atoms with van der Waals surface area (Å²) >= 11 is -1.11. The summed E-state index contributed by atoms with van der Waals surface area (Å²) in [5.74, 6) is 0.567. The molecule has 0 saturated heterocycles. The van der Waals surface area contributed by atoms with E-state index in [1.165, 1.54) is 0 Å². The Bertz CT molecular complexity index is 366. The van der Waals surface area contributed by atoms with E-state index < -0.39 is 11.4 Å². The summed E-state index contributed by atoms with van der Waals surface area (Å²) in [4.78, 5) is 4.31. The second-order valence-corrected chi connectivity index (χ2v) is 6.82. The zero-order valence-electron chi connectivity index (χ0n) is 11.0. The summed E-state index contributed by atoms with van der Waals surface area (Å²) in [7, 11) is 1.58. The van der Waals surface area contributed by atoms with Gasteiger partial charge in [0.15, 0.2) is 0 Å². The van der Waals surface area contributed by atoms with Crippen molar-refractivity contribution in [3.05, 3.63) is 23.9 Å². The molecule has 0 saturated carbocycles. The van der Waals surface area contributed by atoms with Gasteiger partial charge >= 0.3 is 0 Å². The molecule has 0 radical (unpaired) electrons. The lowest BCUT2D eigenvalue weighted by Gasteiger charge is -2.26. The van der Waals surface area contributed by atoms with Crippen LogP contribution in [0.5, 0.6) is 5.88 Å². The van der Waals surface area contributed by atoms with Gasteiger partial charge in [0.1, 0.15) is 4.75 Å². The number of aromatic nitrogens is 1. The Morgan fingerprint density at radius 3 is 2.59 bits per heavy atom. The summed E-state index contributed by atoms with van der Waals surface area (Å²) in [5, 5.41) is 0. The topological polar surface area (TPSA) is 57.2 Å². The van der Waals surface area contributed by atoms with Gasteiger partial charge in [-0.05, 0) is 33.8 Å². The SMILES string of the molecule is COc1cccc(C(C)N[S@+]([O-])C(C)(C)C)n1. The molecule has 5 heteroatoms. The summed E-state index contributed by atoms with van der Waals surface area (Å²) in [6.07, 6.45) is 0. The largest absolute Gasteiger partial charge is 0.598 e. The van der Waals surface area contributed by atoms with Crippen LogP contribution in [0.1, 0.15) is 39.4 Å². The minimum Gasteiger partial charge on any atom is -0.598 e. The van der Waals surface area contributed by atoms with Gasteiger partial charge in [-0.25, -0.2) is 4.98 Å². The van der Waals surface area contributed by atoms with Crippen molar-refractivity contribution in [2.75, 3.05) is 7.11 Å². The number of rotatable bonds is 4. The molecule has 0 aliphatic heterocycles. The van der Waals surface area contributed by atoms with E-state index in [1.807, 2.05) is 39.8 Å². The lowest BCUT2D eigenvalue weighted by Crippen LogP contribution is -2.40. The van der Waals surface area contributed by atoms with Crippen LogP contribution in [-0.2, 0) is 11.4 Å². The highest BCUT2D eigenvalue weighted by Gasteiger charge is 2.28. The van der Waals surface area contributed by atoms with Crippen LogP contribution in [0.4, 0.5) is 0 Å². The molecule has 2 atom stereocenters. The normalized spacial score (nSPS) is 15.4. The van der Waals surface area contributed by atoms with E-state index in [0.29, 0.717) is 5.88 Å². The molecule has 1 N–H and O–H groups in total. The summed E-state index contributed by atoms with van der Waals surface area (Å²) < 4.78 is 19.8. The van der Waals surface area contributed by atoms with Crippen LogP contribution >= 0.6 is 0 Å². The number of nitrogens with one attached hydrogen (secondary N) is 1. The molecule has 1 aromatic rings. The zero-order valence-corrected chi connectivity index (χ0v) is 11.8. The highest BCUT2D eigenvalue weighted by atomic mass is 32.2. The molecule has 0 aliphatic carbocycles. The Morgan fingerprint density at radius 2 is 2.06 bits per heavy atom. The fraction of sp³-hybridized carbons (Fsp3) is 0.583. The molecule has 0 aromatic carbocycles. The number of hydrogen-bond donors (Lipinski definition) is 1. The average Bonchev–Trinajstić information content (AvgIpc) is 2.27. The first-order chi connectivity index (χ1) is 7.84. The zero-order chi connectivity index (χ0) is 13.1. The number of pyridine rings is 1. The van der Waals surface area contributed by atoms with Crippen LogP contribution in [0.2, 0.25) is 0 Å². The van der Waals surface area contributed by atoms with Crippen LogP contribution in [-0.4, -0.2) is 21.4 Å². The Labute approximate surface area is 106 Å². The van der Waals surface area contributed by atoms with Gasteiger partial charge in [-0.3, -0.25) is 0 Å². The molecule has 1 aromatic heterocycles. The molecule has 0 aliphatic rings. The summed E-state index contributed by atoms with van der Waals surface area (Å²) in [6, 6.07) is 5.47. The van der Waals surface area contributed by atoms with E-state index >= 15 is 0 Å². The first kappa shape index (κ1) is 14.3. The minimum absolute atomic E-state index is 0.0786. The van der Waals surface area contributed by atoms with Crippen LogP contribution in [0.25, 0.3) is 0 Å². The van der Waals surface area contributed by atoms with Crippen LogP contribution in [0.15, 0.2) is 18.2 Å². The van der Waals surface area contributed by atoms with E-state index in [-0.39, 0.29) is 10.8 Å². The van der Waals surface area contributed by atoms with E-state index in [1.54, 1.807) is 13.2 Å². The third kappa shape index (κ3) is 4.18. The quantitative estimate of drug-likeness (QED) is 0.839. The minimum atomic E-state index is -1.11. The fourth-order valence-electron chi connectivity index (χ4n) is 1.18. The van der Waals surface area contributed by atoms with Crippen molar-refractivity contribution in [3.8, 4) is 5.88 Å². The molecule has 1 rings (SSSR count). The fourth-order valence-corrected chi connectivity index (χ4v) is 1.98. The number of hydrogen-bond acceptors (Lipinski definition) is 4. The van der Waals surface area contributed by atoms with Crippen molar-refractivity contribution < 1.29 is 9.29 Å². The van der Waals surface area contributed by atoms with Gasteiger partial charge in [-0.2, -0.15) is 0 Å². The molecular weight excluding hydrogens is 236 g/mol. The predicted molar refractivity (Wildman–Crippen MR) is 70.2 cm³/mol. The molecule has 1 heterocycles. The summed E-state index contributed by atoms with van der Waals surface area (Å²) in [6.45, 7) is 7.73. The predicted octanol–water partition coefficient (Wildman–Crippen LogP) is 2.20. The van der Waals surface area contributed by atoms with Gasteiger partial charge in [0.2, 0.25) is 5.88 Å². The number of ether oxygens (including phenoxy) is 1. The second-order valence-electron chi connectivity index (χ2n) is 4.83. The lowest BCUT2D eigenvalue weighted by molar-refractivity contribution is 0.394. The summed E-state index contributed by atoms with van der Waals surface area (Å²) in [5.41, 5.74) is 0.821. The van der Waals surface area contributed by atoms with Gasteiger partial charge in [0.05, 0.1) is 18.8 Å². The van der Waals surface area contributed by atoms with E-state index in [2.05, 4.69) is 9.71 Å². The van der Waals surface area contributed by atoms with E-state index in [0.717, 1.165) is 5.69 Å². The first-order valence-corrected chi connectivity index (χ1v) is 6.68. The smallest absolute Gasteiger partial charge is 0.213 e. The van der Waals surface area contributed by atoms with Crippen molar-refractivity contribution in [2.24, 2.45) is 0 Å². The van der Waals surface area contributed by atoms with E-state index in [9.17, 15) is 4.55 Å². The van der Waals surface area contributed by atoms with Crippen molar-refractivity contribution in [1.29, 1.82) is 0 Å². The number of methoxy groups -OCH3 is 1. The lowest BCUT2D eigenvalue weighted by atomic mass is 10.2. The third-order valence-corrected chi connectivity index (χ3v) is 3.92. The Hall–Kier alpha value is -0.780. The monoisotopic (exact) mass is 256 g/mol. The molecule has 17 heavy (non-hydrogen) atoms.